The van der Waals surface area contributed by atoms with Crippen LogP contribution in [0.5, 0.6) is 5.75 Å². The SMILES string of the molecule is C=CC(=O)N1CCN(c2nc(C(C)C)nc3c(F)c(-c4c(O)cccc4F)c(Cl)cc23)CC1. The highest BCUT2D eigenvalue weighted by atomic mass is 35.5. The third kappa shape index (κ3) is 4.11. The lowest BCUT2D eigenvalue weighted by molar-refractivity contribution is -0.126. The molecule has 1 saturated heterocycles. The molecule has 0 atom stereocenters. The van der Waals surface area contributed by atoms with Gasteiger partial charge in [-0.2, -0.15) is 0 Å². The van der Waals surface area contributed by atoms with Gasteiger partial charge in [-0.15, -0.1) is 0 Å². The van der Waals surface area contributed by atoms with Gasteiger partial charge in [-0.05, 0) is 24.3 Å². The first-order valence-electron chi connectivity index (χ1n) is 10.6. The van der Waals surface area contributed by atoms with Gasteiger partial charge in [0, 0.05) is 43.0 Å². The van der Waals surface area contributed by atoms with Gasteiger partial charge in [0.05, 0.1) is 10.6 Å². The minimum absolute atomic E-state index is 0.00431. The van der Waals surface area contributed by atoms with Gasteiger partial charge in [0.15, 0.2) is 5.82 Å². The van der Waals surface area contributed by atoms with Crippen molar-refractivity contribution in [3.63, 3.8) is 0 Å². The lowest BCUT2D eigenvalue weighted by Gasteiger charge is -2.35. The number of carbonyl (C=O) groups is 1. The van der Waals surface area contributed by atoms with Gasteiger partial charge in [0.25, 0.3) is 0 Å². The normalized spacial score (nSPS) is 14.2. The van der Waals surface area contributed by atoms with E-state index in [1.165, 1.54) is 24.3 Å². The summed E-state index contributed by atoms with van der Waals surface area (Å²) in [7, 11) is 0. The summed E-state index contributed by atoms with van der Waals surface area (Å²) in [4.78, 5) is 24.7. The second kappa shape index (κ2) is 8.94. The van der Waals surface area contributed by atoms with Crippen molar-refractivity contribution in [2.75, 3.05) is 31.1 Å². The van der Waals surface area contributed by atoms with Crippen molar-refractivity contribution in [1.29, 1.82) is 0 Å². The Bertz CT molecular complexity index is 1240. The summed E-state index contributed by atoms with van der Waals surface area (Å²) in [5, 5.41) is 10.5. The Morgan fingerprint density at radius 1 is 1.18 bits per heavy atom. The number of fused-ring (bicyclic) bond motifs is 1. The molecule has 172 valence electrons. The average molecular weight is 473 g/mol. The number of anilines is 1. The molecule has 33 heavy (non-hydrogen) atoms. The first-order chi connectivity index (χ1) is 15.7. The van der Waals surface area contributed by atoms with Crippen molar-refractivity contribution >= 4 is 34.2 Å². The number of phenolic OH excluding ortho intramolecular Hbond substituents is 1. The van der Waals surface area contributed by atoms with Crippen LogP contribution in [0.3, 0.4) is 0 Å². The van der Waals surface area contributed by atoms with Crippen LogP contribution in [0.2, 0.25) is 5.02 Å². The topological polar surface area (TPSA) is 69.6 Å². The van der Waals surface area contributed by atoms with E-state index in [1.54, 1.807) is 4.90 Å². The van der Waals surface area contributed by atoms with Crippen LogP contribution in [0.1, 0.15) is 25.6 Å². The van der Waals surface area contributed by atoms with Gasteiger partial charge < -0.3 is 14.9 Å². The van der Waals surface area contributed by atoms with Gasteiger partial charge in [0.1, 0.15) is 28.7 Å². The maximum absolute atomic E-state index is 15.8. The Balaban J connectivity index is 1.89. The number of aromatic hydroxyl groups is 1. The predicted molar refractivity (Wildman–Crippen MR) is 125 cm³/mol. The number of piperazine rings is 1. The Hall–Kier alpha value is -3.26. The largest absolute Gasteiger partial charge is 0.507 e. The van der Waals surface area contributed by atoms with Crippen LogP contribution in [-0.2, 0) is 4.79 Å². The van der Waals surface area contributed by atoms with Crippen molar-refractivity contribution in [3.05, 3.63) is 59.4 Å². The fraction of sp³-hybridized carbons (Fsp3) is 0.292. The molecular weight excluding hydrogens is 450 g/mol. The van der Waals surface area contributed by atoms with Crippen molar-refractivity contribution < 1.29 is 18.7 Å². The highest BCUT2D eigenvalue weighted by Gasteiger charge is 2.27. The van der Waals surface area contributed by atoms with Gasteiger partial charge >= 0.3 is 0 Å². The number of halogens is 3. The molecule has 0 radical (unpaired) electrons. The van der Waals surface area contributed by atoms with Gasteiger partial charge in [-0.3, -0.25) is 4.79 Å². The van der Waals surface area contributed by atoms with E-state index in [4.69, 9.17) is 11.6 Å². The number of aromatic nitrogens is 2. The average Bonchev–Trinajstić information content (AvgIpc) is 2.80. The molecule has 0 saturated carbocycles. The minimum atomic E-state index is -0.830. The van der Waals surface area contributed by atoms with Crippen molar-refractivity contribution in [1.82, 2.24) is 14.9 Å². The monoisotopic (exact) mass is 472 g/mol. The van der Waals surface area contributed by atoms with E-state index in [1.807, 2.05) is 18.7 Å². The Labute approximate surface area is 195 Å². The van der Waals surface area contributed by atoms with E-state index in [2.05, 4.69) is 16.5 Å². The summed E-state index contributed by atoms with van der Waals surface area (Å²) in [5.74, 6) is -1.37. The van der Waals surface area contributed by atoms with Gasteiger partial charge in [-0.1, -0.05) is 38.1 Å². The number of phenols is 1. The molecule has 1 amide bonds. The summed E-state index contributed by atoms with van der Waals surface area (Å²) >= 11 is 6.43. The second-order valence-electron chi connectivity index (χ2n) is 8.15. The molecule has 0 spiro atoms. The zero-order valence-corrected chi connectivity index (χ0v) is 19.0. The van der Waals surface area contributed by atoms with Crippen LogP contribution in [0.15, 0.2) is 36.9 Å². The quantitative estimate of drug-likeness (QED) is 0.547. The first kappa shape index (κ1) is 22.9. The van der Waals surface area contributed by atoms with E-state index in [-0.39, 0.29) is 33.5 Å². The number of hydrogen-bond donors (Lipinski definition) is 1. The van der Waals surface area contributed by atoms with Crippen molar-refractivity contribution in [3.8, 4) is 16.9 Å². The van der Waals surface area contributed by atoms with Crippen LogP contribution in [0, 0.1) is 11.6 Å². The number of amides is 1. The Morgan fingerprint density at radius 3 is 2.48 bits per heavy atom. The number of benzene rings is 2. The Morgan fingerprint density at radius 2 is 1.88 bits per heavy atom. The smallest absolute Gasteiger partial charge is 0.246 e. The summed E-state index contributed by atoms with van der Waals surface area (Å²) < 4.78 is 30.4. The summed E-state index contributed by atoms with van der Waals surface area (Å²) in [5.41, 5.74) is -0.569. The third-order valence-corrected chi connectivity index (χ3v) is 6.00. The molecular formula is C24H23ClF2N4O2. The molecule has 0 unspecified atom stereocenters. The fourth-order valence-corrected chi connectivity index (χ4v) is 4.24. The molecule has 1 N–H and O–H groups in total. The van der Waals surface area contributed by atoms with Crippen LogP contribution in [0.4, 0.5) is 14.6 Å². The highest BCUT2D eigenvalue weighted by molar-refractivity contribution is 6.34. The molecule has 4 rings (SSSR count). The molecule has 1 aliphatic rings. The van der Waals surface area contributed by atoms with Crippen LogP contribution >= 0.6 is 11.6 Å². The zero-order chi connectivity index (χ0) is 23.9. The number of rotatable bonds is 4. The standard InChI is InChI=1S/C24H23ClF2N4O2/c1-4-18(33)30-8-10-31(11-9-30)24-14-12-15(25)19(20-16(26)6-5-7-17(20)32)21(27)22(14)28-23(29-24)13(2)3/h4-7,12-13,32H,1,8-11H2,2-3H3. The van der Waals surface area contributed by atoms with Crippen LogP contribution in [0.25, 0.3) is 22.0 Å². The molecule has 1 aromatic heterocycles. The zero-order valence-electron chi connectivity index (χ0n) is 18.3. The van der Waals surface area contributed by atoms with Crippen LogP contribution in [-0.4, -0.2) is 52.1 Å². The fourth-order valence-electron chi connectivity index (χ4n) is 3.95. The molecule has 9 heteroatoms. The van der Waals surface area contributed by atoms with E-state index < -0.39 is 17.4 Å². The molecule has 2 aromatic carbocycles. The number of nitrogens with zero attached hydrogens (tertiary/aromatic N) is 4. The Kier molecular flexibility index (Phi) is 6.21. The molecule has 2 heterocycles. The number of carbonyl (C=O) groups excluding carboxylic acids is 1. The minimum Gasteiger partial charge on any atom is -0.507 e. The number of hydrogen-bond acceptors (Lipinski definition) is 5. The predicted octanol–water partition coefficient (Wildman–Crippen LogP) is 4.89. The maximum atomic E-state index is 15.8. The molecule has 6 nitrogen and oxygen atoms in total. The lowest BCUT2D eigenvalue weighted by atomic mass is 10.0. The molecule has 1 fully saturated rings. The van der Waals surface area contributed by atoms with Crippen molar-refractivity contribution in [2.45, 2.75) is 19.8 Å². The maximum Gasteiger partial charge on any atom is 0.246 e. The molecule has 0 aliphatic carbocycles. The molecule has 0 bridgehead atoms. The van der Waals surface area contributed by atoms with E-state index in [0.29, 0.717) is 43.2 Å². The summed E-state index contributed by atoms with van der Waals surface area (Å²) in [6.45, 7) is 9.20. The molecule has 3 aromatic rings. The van der Waals surface area contributed by atoms with Crippen LogP contribution < -0.4 is 4.90 Å². The van der Waals surface area contributed by atoms with E-state index in [9.17, 15) is 14.3 Å². The van der Waals surface area contributed by atoms with E-state index >= 15 is 4.39 Å². The summed E-state index contributed by atoms with van der Waals surface area (Å²) in [6, 6.07) is 5.23. The lowest BCUT2D eigenvalue weighted by Crippen LogP contribution is -2.48. The summed E-state index contributed by atoms with van der Waals surface area (Å²) in [6.07, 6.45) is 1.28. The molecule has 1 aliphatic heterocycles. The highest BCUT2D eigenvalue weighted by Crippen LogP contribution is 2.42. The van der Waals surface area contributed by atoms with Gasteiger partial charge in [0.2, 0.25) is 5.91 Å². The van der Waals surface area contributed by atoms with E-state index in [0.717, 1.165) is 6.07 Å². The van der Waals surface area contributed by atoms with Crippen molar-refractivity contribution in [2.24, 2.45) is 0 Å². The first-order valence-corrected chi connectivity index (χ1v) is 10.9. The van der Waals surface area contributed by atoms with Gasteiger partial charge in [-0.25, -0.2) is 18.7 Å². The third-order valence-electron chi connectivity index (χ3n) is 5.70. The second-order valence-corrected chi connectivity index (χ2v) is 8.56.